The van der Waals surface area contributed by atoms with E-state index in [1.807, 2.05) is 24.2 Å². The van der Waals surface area contributed by atoms with Gasteiger partial charge in [0, 0.05) is 51.4 Å². The lowest BCUT2D eigenvalue weighted by molar-refractivity contribution is 0.0658. The number of hydrazine groups is 1. The number of anilines is 1. The van der Waals surface area contributed by atoms with Crippen LogP contribution in [0.3, 0.4) is 0 Å². The fourth-order valence-electron chi connectivity index (χ4n) is 6.69. The summed E-state index contributed by atoms with van der Waals surface area (Å²) in [5.74, 6) is 0.350. The highest BCUT2D eigenvalue weighted by Gasteiger charge is 2.29. The molecule has 11 heteroatoms. The summed E-state index contributed by atoms with van der Waals surface area (Å²) >= 11 is 0. The molecule has 42 heavy (non-hydrogen) atoms. The summed E-state index contributed by atoms with van der Waals surface area (Å²) in [5, 5.41) is 11.5. The van der Waals surface area contributed by atoms with Gasteiger partial charge in [-0.1, -0.05) is 31.4 Å². The van der Waals surface area contributed by atoms with Crippen LogP contribution in [0.25, 0.3) is 11.2 Å². The Hall–Kier alpha value is -3.59. The zero-order chi connectivity index (χ0) is 29.1. The molecule has 3 aliphatic rings. The monoisotopic (exact) mass is 570 g/mol. The van der Waals surface area contributed by atoms with Gasteiger partial charge in [-0.15, -0.1) is 0 Å². The van der Waals surface area contributed by atoms with Crippen LogP contribution in [0.1, 0.15) is 66.7 Å². The first-order valence-electron chi connectivity index (χ1n) is 15.4. The predicted molar refractivity (Wildman–Crippen MR) is 162 cm³/mol. The molecule has 11 nitrogen and oxygen atoms in total. The number of rotatable bonds is 7. The number of nitriles is 1. The van der Waals surface area contributed by atoms with Gasteiger partial charge in [0.2, 0.25) is 5.82 Å². The first kappa shape index (κ1) is 28.5. The average molecular weight is 571 g/mol. The number of carbonyl (C=O) groups excluding carboxylic acids is 1. The van der Waals surface area contributed by atoms with Crippen molar-refractivity contribution in [3.8, 4) is 6.07 Å². The number of imidazole rings is 1. The molecule has 222 valence electrons. The third-order valence-corrected chi connectivity index (χ3v) is 9.27. The largest absolute Gasteiger partial charge is 0.318 e. The molecule has 1 N–H and O–H groups in total. The lowest BCUT2D eigenvalue weighted by Crippen LogP contribution is -2.52. The molecule has 0 unspecified atom stereocenters. The Morgan fingerprint density at radius 2 is 1.69 bits per heavy atom. The summed E-state index contributed by atoms with van der Waals surface area (Å²) in [7, 11) is 4.05. The van der Waals surface area contributed by atoms with Crippen molar-refractivity contribution in [1.29, 1.82) is 5.26 Å². The Kier molecular flexibility index (Phi) is 8.65. The second-order valence-corrected chi connectivity index (χ2v) is 12.2. The Morgan fingerprint density at radius 1 is 0.976 bits per heavy atom. The lowest BCUT2D eigenvalue weighted by Gasteiger charge is -2.42. The number of amides is 1. The number of benzene rings is 1. The maximum Gasteiger partial charge on any atom is 0.269 e. The van der Waals surface area contributed by atoms with Gasteiger partial charge >= 0.3 is 0 Å². The molecule has 0 bridgehead atoms. The number of piperidine rings is 1. The molecule has 2 saturated heterocycles. The molecule has 4 heterocycles. The zero-order valence-electron chi connectivity index (χ0n) is 24.9. The molecule has 0 atom stereocenters. The first-order valence-corrected chi connectivity index (χ1v) is 15.4. The highest BCUT2D eigenvalue weighted by Crippen LogP contribution is 2.29. The molecule has 0 radical (unpaired) electrons. The lowest BCUT2D eigenvalue weighted by atomic mass is 9.95. The molecule has 2 aliphatic heterocycles. The van der Waals surface area contributed by atoms with Crippen molar-refractivity contribution in [1.82, 2.24) is 39.6 Å². The van der Waals surface area contributed by atoms with Crippen molar-refractivity contribution < 1.29 is 4.79 Å². The van der Waals surface area contributed by atoms with Gasteiger partial charge in [0.05, 0.1) is 12.4 Å². The van der Waals surface area contributed by atoms with E-state index < -0.39 is 0 Å². The number of nitrogens with one attached hydrogen (secondary N) is 1. The molecule has 1 amide bonds. The third kappa shape index (κ3) is 6.26. The van der Waals surface area contributed by atoms with Crippen LogP contribution < -0.4 is 10.4 Å². The number of likely N-dealkylation sites (tertiary alicyclic amines) is 1. The number of carbonyl (C=O) groups is 1. The highest BCUT2D eigenvalue weighted by molar-refractivity contribution is 5.96. The first-order chi connectivity index (χ1) is 20.5. The Morgan fingerprint density at radius 3 is 2.38 bits per heavy atom. The van der Waals surface area contributed by atoms with Crippen LogP contribution in [-0.2, 0) is 13.6 Å². The molecule has 2 aromatic heterocycles. The number of piperazine rings is 1. The summed E-state index contributed by atoms with van der Waals surface area (Å²) < 4.78 is 1.77. The minimum absolute atomic E-state index is 0.0630. The van der Waals surface area contributed by atoms with Crippen LogP contribution in [0.4, 0.5) is 5.82 Å². The van der Waals surface area contributed by atoms with E-state index in [0.717, 1.165) is 45.3 Å². The SMILES string of the molecule is CN1CCN(C2CCN(Cc3ccc(C(=O)NN(c4nc(C#N)nc5c4ncn5C)C4CCCCC4)cc3)CC2)CC1. The third-order valence-electron chi connectivity index (χ3n) is 9.27. The van der Waals surface area contributed by atoms with Crippen molar-refractivity contribution in [3.63, 3.8) is 0 Å². The fraction of sp³-hybridized carbons (Fsp3) is 0.581. The molecule has 0 spiro atoms. The number of hydrogen-bond donors (Lipinski definition) is 1. The molecule has 1 aliphatic carbocycles. The van der Waals surface area contributed by atoms with Crippen LogP contribution >= 0.6 is 0 Å². The van der Waals surface area contributed by atoms with E-state index in [1.54, 1.807) is 10.9 Å². The molecular formula is C31H42N10O. The van der Waals surface area contributed by atoms with Crippen LogP contribution in [0.5, 0.6) is 0 Å². The van der Waals surface area contributed by atoms with E-state index in [4.69, 9.17) is 0 Å². The Bertz CT molecular complexity index is 1410. The van der Waals surface area contributed by atoms with Crippen LogP contribution in [-0.4, -0.2) is 98.5 Å². The quantitative estimate of drug-likeness (QED) is 0.429. The number of nitrogens with zero attached hydrogens (tertiary/aromatic N) is 9. The van der Waals surface area contributed by atoms with Gasteiger partial charge in [-0.2, -0.15) is 15.2 Å². The molecular weight excluding hydrogens is 528 g/mol. The molecule has 1 aromatic carbocycles. The van der Waals surface area contributed by atoms with E-state index >= 15 is 0 Å². The second kappa shape index (κ2) is 12.7. The second-order valence-electron chi connectivity index (χ2n) is 12.2. The number of likely N-dealkylation sites (N-methyl/N-ethyl adjacent to an activating group) is 1. The molecule has 3 aromatic rings. The standard InChI is InChI=1S/C31H42N10O/c1-37-16-18-40(19-17-37)25-12-14-39(15-13-25)21-23-8-10-24(11-9-23)31(42)36-41(26-6-4-3-5-7-26)30-28-29(38(2)22-33-28)34-27(20-32)35-30/h8-11,22,25-26H,3-7,12-19,21H2,1-2H3,(H,36,42). The molecule has 6 rings (SSSR count). The van der Waals surface area contributed by atoms with Crippen LogP contribution in [0.15, 0.2) is 30.6 Å². The number of fused-ring (bicyclic) bond motifs is 1. The summed E-state index contributed by atoms with van der Waals surface area (Å²) in [6.45, 7) is 7.85. The average Bonchev–Trinajstić information content (AvgIpc) is 3.41. The highest BCUT2D eigenvalue weighted by atomic mass is 16.2. The minimum atomic E-state index is -0.193. The Labute approximate surface area is 248 Å². The van der Waals surface area contributed by atoms with Crippen molar-refractivity contribution in [2.45, 2.75) is 63.6 Å². The maximum absolute atomic E-state index is 13.6. The van der Waals surface area contributed by atoms with Gasteiger partial charge in [-0.25, -0.2) is 4.98 Å². The van der Waals surface area contributed by atoms with Gasteiger partial charge in [-0.3, -0.25) is 25.0 Å². The summed E-state index contributed by atoms with van der Waals surface area (Å²) in [6.07, 6.45) is 9.33. The minimum Gasteiger partial charge on any atom is -0.318 e. The molecule has 3 fully saturated rings. The topological polar surface area (TPSA) is 109 Å². The maximum atomic E-state index is 13.6. The van der Waals surface area contributed by atoms with Gasteiger partial charge < -0.3 is 9.47 Å². The van der Waals surface area contributed by atoms with Crippen molar-refractivity contribution in [2.75, 3.05) is 51.3 Å². The predicted octanol–water partition coefficient (Wildman–Crippen LogP) is 2.93. The van der Waals surface area contributed by atoms with E-state index in [-0.39, 0.29) is 17.8 Å². The van der Waals surface area contributed by atoms with Crippen molar-refractivity contribution >= 4 is 22.9 Å². The fourth-order valence-corrected chi connectivity index (χ4v) is 6.69. The van der Waals surface area contributed by atoms with Crippen LogP contribution in [0, 0.1) is 11.3 Å². The van der Waals surface area contributed by atoms with Crippen molar-refractivity contribution in [2.24, 2.45) is 7.05 Å². The summed E-state index contributed by atoms with van der Waals surface area (Å²) in [4.78, 5) is 34.6. The van der Waals surface area contributed by atoms with Gasteiger partial charge in [0.15, 0.2) is 17.0 Å². The van der Waals surface area contributed by atoms with Gasteiger partial charge in [0.1, 0.15) is 6.07 Å². The number of aromatic nitrogens is 4. The molecule has 1 saturated carbocycles. The normalized spacial score (nSPS) is 20.0. The van der Waals surface area contributed by atoms with Gasteiger partial charge in [0.25, 0.3) is 5.91 Å². The number of hydrogen-bond acceptors (Lipinski definition) is 9. The summed E-state index contributed by atoms with van der Waals surface area (Å²) in [6, 6.07) is 10.8. The summed E-state index contributed by atoms with van der Waals surface area (Å²) in [5.41, 5.74) is 6.11. The van der Waals surface area contributed by atoms with E-state index in [2.05, 4.69) is 60.3 Å². The van der Waals surface area contributed by atoms with Crippen molar-refractivity contribution in [3.05, 3.63) is 47.5 Å². The Balaban J connectivity index is 1.12. The number of aryl methyl sites for hydroxylation is 1. The van der Waals surface area contributed by atoms with Crippen LogP contribution in [0.2, 0.25) is 0 Å². The zero-order valence-corrected chi connectivity index (χ0v) is 24.9. The van der Waals surface area contributed by atoms with E-state index in [9.17, 15) is 10.1 Å². The van der Waals surface area contributed by atoms with E-state index in [1.165, 1.54) is 51.0 Å². The van der Waals surface area contributed by atoms with E-state index in [0.29, 0.717) is 28.6 Å². The van der Waals surface area contributed by atoms with Gasteiger partial charge in [-0.05, 0) is 63.5 Å². The smallest absolute Gasteiger partial charge is 0.269 e.